The molecular weight excluding hydrogens is 394 g/mol. The van der Waals surface area contributed by atoms with E-state index in [4.69, 9.17) is 14.6 Å². The number of hydrogen-bond acceptors (Lipinski definition) is 6. The van der Waals surface area contributed by atoms with Crippen LogP contribution in [-0.4, -0.2) is 35.4 Å². The van der Waals surface area contributed by atoms with E-state index < -0.39 is 18.0 Å². The Morgan fingerprint density at radius 3 is 2.52 bits per heavy atom. The SMILES string of the molecule is CCC(Oc1ccc(/C=C2/SC(=O)N(c3cccc(OC)c3)C2=O)cc1)C(=O)O. The van der Waals surface area contributed by atoms with Crippen LogP contribution < -0.4 is 14.4 Å². The Kier molecular flexibility index (Phi) is 6.23. The maximum absolute atomic E-state index is 12.7. The standard InChI is InChI=1S/C21H19NO6S/c1-3-17(20(24)25)28-15-9-7-13(8-10-15)11-18-19(23)22(21(26)29-18)14-5-4-6-16(12-14)27-2/h4-12,17H,3H2,1-2H3,(H,24,25)/b18-11+. The molecule has 1 saturated heterocycles. The molecule has 0 saturated carbocycles. The Morgan fingerprint density at radius 1 is 1.17 bits per heavy atom. The number of imide groups is 1. The predicted molar refractivity (Wildman–Crippen MR) is 110 cm³/mol. The van der Waals surface area contributed by atoms with Gasteiger partial charge in [0.1, 0.15) is 11.5 Å². The van der Waals surface area contributed by atoms with Crippen LogP contribution in [0, 0.1) is 0 Å². The molecule has 0 spiro atoms. The topological polar surface area (TPSA) is 93.1 Å². The second kappa shape index (κ2) is 8.83. The molecule has 150 valence electrons. The Hall–Kier alpha value is -3.26. The minimum Gasteiger partial charge on any atom is -0.497 e. The van der Waals surface area contributed by atoms with Gasteiger partial charge in [-0.2, -0.15) is 0 Å². The smallest absolute Gasteiger partial charge is 0.344 e. The second-order valence-corrected chi connectivity index (χ2v) is 7.13. The molecular formula is C21H19NO6S. The van der Waals surface area contributed by atoms with E-state index in [0.717, 1.165) is 16.7 Å². The highest BCUT2D eigenvalue weighted by atomic mass is 32.2. The summed E-state index contributed by atoms with van der Waals surface area (Å²) >= 11 is 0.856. The zero-order valence-corrected chi connectivity index (χ0v) is 16.6. The van der Waals surface area contributed by atoms with Crippen LogP contribution in [0.4, 0.5) is 10.5 Å². The molecule has 0 bridgehead atoms. The van der Waals surface area contributed by atoms with Gasteiger partial charge in [0.05, 0.1) is 17.7 Å². The average molecular weight is 413 g/mol. The summed E-state index contributed by atoms with van der Waals surface area (Å²) in [6.07, 6.45) is 1.04. The number of aliphatic carboxylic acids is 1. The van der Waals surface area contributed by atoms with Gasteiger partial charge in [-0.1, -0.05) is 25.1 Å². The van der Waals surface area contributed by atoms with Crippen molar-refractivity contribution in [2.75, 3.05) is 12.0 Å². The summed E-state index contributed by atoms with van der Waals surface area (Å²) in [5.74, 6) is -0.470. The summed E-state index contributed by atoms with van der Waals surface area (Å²) in [4.78, 5) is 37.6. The maximum Gasteiger partial charge on any atom is 0.344 e. The highest BCUT2D eigenvalue weighted by molar-refractivity contribution is 8.19. The van der Waals surface area contributed by atoms with Gasteiger partial charge in [0, 0.05) is 6.07 Å². The number of nitrogens with zero attached hydrogens (tertiary/aromatic N) is 1. The summed E-state index contributed by atoms with van der Waals surface area (Å²) < 4.78 is 10.6. The van der Waals surface area contributed by atoms with Crippen LogP contribution in [0.5, 0.6) is 11.5 Å². The first kappa shape index (κ1) is 20.5. The molecule has 2 aromatic rings. The van der Waals surface area contributed by atoms with Crippen LogP contribution in [0.2, 0.25) is 0 Å². The molecule has 1 atom stereocenters. The Balaban J connectivity index is 1.78. The van der Waals surface area contributed by atoms with Gasteiger partial charge in [-0.3, -0.25) is 9.59 Å². The van der Waals surface area contributed by atoms with Crippen LogP contribution in [0.3, 0.4) is 0 Å². The van der Waals surface area contributed by atoms with Gasteiger partial charge in [-0.25, -0.2) is 9.69 Å². The third-order valence-corrected chi connectivity index (χ3v) is 5.08. The number of ether oxygens (including phenoxy) is 2. The van der Waals surface area contributed by atoms with E-state index in [1.807, 2.05) is 0 Å². The molecule has 2 aromatic carbocycles. The van der Waals surface area contributed by atoms with Gasteiger partial charge in [-0.05, 0) is 54.1 Å². The number of thioether (sulfide) groups is 1. The minimum atomic E-state index is -1.03. The van der Waals surface area contributed by atoms with Crippen molar-refractivity contribution in [2.45, 2.75) is 19.4 Å². The number of benzene rings is 2. The molecule has 1 unspecified atom stereocenters. The molecule has 1 heterocycles. The number of hydrogen-bond donors (Lipinski definition) is 1. The van der Waals surface area contributed by atoms with E-state index in [0.29, 0.717) is 34.1 Å². The number of carbonyl (C=O) groups is 3. The number of methoxy groups -OCH3 is 1. The monoisotopic (exact) mass is 413 g/mol. The van der Waals surface area contributed by atoms with Crippen LogP contribution in [-0.2, 0) is 9.59 Å². The van der Waals surface area contributed by atoms with Crippen LogP contribution >= 0.6 is 11.8 Å². The van der Waals surface area contributed by atoms with Gasteiger partial charge in [0.2, 0.25) is 0 Å². The summed E-state index contributed by atoms with van der Waals surface area (Å²) in [7, 11) is 1.51. The fraction of sp³-hybridized carbons (Fsp3) is 0.190. The molecule has 0 radical (unpaired) electrons. The number of rotatable bonds is 7. The van der Waals surface area contributed by atoms with Crippen molar-refractivity contribution in [3.8, 4) is 11.5 Å². The van der Waals surface area contributed by atoms with Gasteiger partial charge in [-0.15, -0.1) is 0 Å². The molecule has 1 aliphatic heterocycles. The Bertz CT molecular complexity index is 969. The van der Waals surface area contributed by atoms with Crippen LogP contribution in [0.1, 0.15) is 18.9 Å². The molecule has 29 heavy (non-hydrogen) atoms. The van der Waals surface area contributed by atoms with E-state index >= 15 is 0 Å². The number of anilines is 1. The zero-order chi connectivity index (χ0) is 21.0. The lowest BCUT2D eigenvalue weighted by molar-refractivity contribution is -0.145. The Labute approximate surface area is 171 Å². The first-order valence-corrected chi connectivity index (χ1v) is 9.66. The quantitative estimate of drug-likeness (QED) is 0.681. The molecule has 2 amide bonds. The molecule has 1 aliphatic rings. The number of amides is 2. The highest BCUT2D eigenvalue weighted by Gasteiger charge is 2.36. The van der Waals surface area contributed by atoms with Crippen molar-refractivity contribution in [1.29, 1.82) is 0 Å². The average Bonchev–Trinajstić information content (AvgIpc) is 3.00. The molecule has 3 rings (SSSR count). The number of carboxylic acid groups (broad SMARTS) is 1. The third-order valence-electron chi connectivity index (χ3n) is 4.21. The Morgan fingerprint density at radius 2 is 1.90 bits per heavy atom. The van der Waals surface area contributed by atoms with Crippen molar-refractivity contribution < 1.29 is 29.0 Å². The first-order valence-electron chi connectivity index (χ1n) is 8.84. The van der Waals surface area contributed by atoms with Crippen molar-refractivity contribution in [1.82, 2.24) is 0 Å². The van der Waals surface area contributed by atoms with Crippen molar-refractivity contribution in [2.24, 2.45) is 0 Å². The summed E-state index contributed by atoms with van der Waals surface area (Å²) in [5.41, 5.74) is 1.13. The fourth-order valence-electron chi connectivity index (χ4n) is 2.71. The van der Waals surface area contributed by atoms with E-state index in [1.165, 1.54) is 7.11 Å². The van der Waals surface area contributed by atoms with Crippen molar-refractivity contribution >= 4 is 40.6 Å². The second-order valence-electron chi connectivity index (χ2n) is 6.14. The van der Waals surface area contributed by atoms with E-state index in [9.17, 15) is 14.4 Å². The lowest BCUT2D eigenvalue weighted by atomic mass is 10.2. The van der Waals surface area contributed by atoms with E-state index in [1.54, 1.807) is 61.5 Å². The lowest BCUT2D eigenvalue weighted by Crippen LogP contribution is -2.27. The van der Waals surface area contributed by atoms with Gasteiger partial charge >= 0.3 is 5.97 Å². The molecule has 0 aliphatic carbocycles. The normalized spacial score (nSPS) is 16.2. The number of carbonyl (C=O) groups excluding carboxylic acids is 2. The zero-order valence-electron chi connectivity index (χ0n) is 15.8. The van der Waals surface area contributed by atoms with Gasteiger partial charge < -0.3 is 14.6 Å². The molecule has 1 fully saturated rings. The first-order chi connectivity index (χ1) is 13.9. The minimum absolute atomic E-state index is 0.295. The lowest BCUT2D eigenvalue weighted by Gasteiger charge is -2.13. The maximum atomic E-state index is 12.7. The van der Waals surface area contributed by atoms with Gasteiger partial charge in [0.25, 0.3) is 11.1 Å². The van der Waals surface area contributed by atoms with Crippen molar-refractivity contribution in [3.63, 3.8) is 0 Å². The molecule has 8 heteroatoms. The highest BCUT2D eigenvalue weighted by Crippen LogP contribution is 2.36. The van der Waals surface area contributed by atoms with Gasteiger partial charge in [0.15, 0.2) is 6.10 Å². The fourth-order valence-corrected chi connectivity index (χ4v) is 3.55. The molecule has 7 nitrogen and oxygen atoms in total. The largest absolute Gasteiger partial charge is 0.497 e. The van der Waals surface area contributed by atoms with Crippen molar-refractivity contribution in [3.05, 3.63) is 59.0 Å². The van der Waals surface area contributed by atoms with Crippen LogP contribution in [0.25, 0.3) is 6.08 Å². The molecule has 1 N–H and O–H groups in total. The van der Waals surface area contributed by atoms with E-state index in [2.05, 4.69) is 0 Å². The summed E-state index contributed by atoms with van der Waals surface area (Å²) in [5, 5.41) is 8.68. The van der Waals surface area contributed by atoms with Crippen LogP contribution in [0.15, 0.2) is 53.4 Å². The van der Waals surface area contributed by atoms with E-state index in [-0.39, 0.29) is 5.24 Å². The number of carboxylic acids is 1. The predicted octanol–water partition coefficient (Wildman–Crippen LogP) is 4.18. The summed E-state index contributed by atoms with van der Waals surface area (Å²) in [6, 6.07) is 13.4. The summed E-state index contributed by atoms with van der Waals surface area (Å²) in [6.45, 7) is 1.73. The third kappa shape index (κ3) is 4.60. The molecule has 0 aromatic heterocycles.